The van der Waals surface area contributed by atoms with Gasteiger partial charge >= 0.3 is 0 Å². The number of rotatable bonds is 8. The van der Waals surface area contributed by atoms with Crippen LogP contribution in [0.3, 0.4) is 0 Å². The molecule has 2 heterocycles. The number of hydrogen-bond acceptors (Lipinski definition) is 6. The van der Waals surface area contributed by atoms with Crippen LogP contribution in [0.25, 0.3) is 16.2 Å². The van der Waals surface area contributed by atoms with Crippen molar-refractivity contribution < 1.29 is 19.0 Å². The molecule has 2 aromatic carbocycles. The molecule has 2 aromatic heterocycles. The quantitative estimate of drug-likeness (QED) is 0.434. The van der Waals surface area contributed by atoms with E-state index in [0.717, 1.165) is 27.7 Å². The summed E-state index contributed by atoms with van der Waals surface area (Å²) >= 11 is 1.51. The second-order valence-electron chi connectivity index (χ2n) is 6.75. The molecule has 8 heteroatoms. The van der Waals surface area contributed by atoms with Crippen LogP contribution in [0.2, 0.25) is 0 Å². The molecule has 0 atom stereocenters. The monoisotopic (exact) mass is 437 g/mol. The lowest BCUT2D eigenvalue weighted by Crippen LogP contribution is -2.16. The summed E-state index contributed by atoms with van der Waals surface area (Å²) in [4.78, 5) is 18.2. The Morgan fingerprint density at radius 1 is 1.10 bits per heavy atom. The topological polar surface area (TPSA) is 74.1 Å². The Kier molecular flexibility index (Phi) is 6.08. The maximum Gasteiger partial charge on any atom is 0.230 e. The number of amides is 1. The second kappa shape index (κ2) is 9.09. The zero-order valence-electron chi connectivity index (χ0n) is 17.5. The molecule has 1 amide bonds. The highest BCUT2D eigenvalue weighted by Gasteiger charge is 2.15. The average Bonchev–Trinajstić information content (AvgIpc) is 3.36. The number of nitrogens with one attached hydrogen (secondary N) is 1. The molecule has 160 valence electrons. The Morgan fingerprint density at radius 2 is 1.87 bits per heavy atom. The number of anilines is 1. The van der Waals surface area contributed by atoms with Crippen LogP contribution in [-0.4, -0.2) is 36.1 Å². The SMILES string of the molecule is CCOc1ccc(-c2cn3c(CC(=O)Nc4cc(OC)ccc4OC)csc3n2)cc1. The van der Waals surface area contributed by atoms with Gasteiger partial charge < -0.3 is 19.5 Å². The summed E-state index contributed by atoms with van der Waals surface area (Å²) in [6, 6.07) is 13.1. The van der Waals surface area contributed by atoms with Gasteiger partial charge in [-0.1, -0.05) is 0 Å². The number of carbonyl (C=O) groups is 1. The fourth-order valence-electron chi connectivity index (χ4n) is 3.25. The van der Waals surface area contributed by atoms with E-state index in [1.165, 1.54) is 11.3 Å². The third-order valence-corrected chi connectivity index (χ3v) is 5.66. The standard InChI is InChI=1S/C23H23N3O4S/c1-4-30-17-7-5-15(6-8-17)20-13-26-16(14-31-23(26)25-20)11-22(27)24-19-12-18(28-2)9-10-21(19)29-3/h5-10,12-14H,4,11H2,1-3H3,(H,24,27). The summed E-state index contributed by atoms with van der Waals surface area (Å²) in [6.45, 7) is 2.59. The maximum atomic E-state index is 12.7. The van der Waals surface area contributed by atoms with Crippen molar-refractivity contribution in [3.8, 4) is 28.5 Å². The number of benzene rings is 2. The van der Waals surface area contributed by atoms with E-state index in [4.69, 9.17) is 19.2 Å². The van der Waals surface area contributed by atoms with E-state index in [1.807, 2.05) is 47.2 Å². The Balaban J connectivity index is 1.52. The number of imidazole rings is 1. The van der Waals surface area contributed by atoms with Gasteiger partial charge in [0, 0.05) is 28.9 Å². The fraction of sp³-hybridized carbons (Fsp3) is 0.217. The van der Waals surface area contributed by atoms with Crippen LogP contribution in [0.4, 0.5) is 5.69 Å². The van der Waals surface area contributed by atoms with E-state index in [9.17, 15) is 4.79 Å². The Hall–Kier alpha value is -3.52. The van der Waals surface area contributed by atoms with Crippen molar-refractivity contribution in [2.45, 2.75) is 13.3 Å². The largest absolute Gasteiger partial charge is 0.497 e. The third kappa shape index (κ3) is 4.49. The summed E-state index contributed by atoms with van der Waals surface area (Å²) < 4.78 is 18.0. The van der Waals surface area contributed by atoms with Crippen LogP contribution in [0, 0.1) is 0 Å². The lowest BCUT2D eigenvalue weighted by Gasteiger charge is -2.11. The van der Waals surface area contributed by atoms with Gasteiger partial charge in [-0.05, 0) is 43.3 Å². The molecule has 0 unspecified atom stereocenters. The first-order valence-electron chi connectivity index (χ1n) is 9.82. The fourth-order valence-corrected chi connectivity index (χ4v) is 4.13. The van der Waals surface area contributed by atoms with Gasteiger partial charge in [0.1, 0.15) is 17.2 Å². The van der Waals surface area contributed by atoms with Crippen molar-refractivity contribution in [2.75, 3.05) is 26.1 Å². The molecule has 0 spiro atoms. The van der Waals surface area contributed by atoms with Gasteiger partial charge in [-0.3, -0.25) is 9.20 Å². The minimum atomic E-state index is -0.150. The molecule has 0 saturated heterocycles. The molecule has 31 heavy (non-hydrogen) atoms. The maximum absolute atomic E-state index is 12.7. The van der Waals surface area contributed by atoms with E-state index in [-0.39, 0.29) is 12.3 Å². The number of aromatic nitrogens is 2. The number of carbonyl (C=O) groups excluding carboxylic acids is 1. The highest BCUT2D eigenvalue weighted by molar-refractivity contribution is 7.15. The van der Waals surface area contributed by atoms with Gasteiger partial charge in [-0.15, -0.1) is 11.3 Å². The Morgan fingerprint density at radius 3 is 2.58 bits per heavy atom. The Labute approximate surface area is 184 Å². The predicted molar refractivity (Wildman–Crippen MR) is 122 cm³/mol. The first-order valence-corrected chi connectivity index (χ1v) is 10.7. The minimum Gasteiger partial charge on any atom is -0.497 e. The number of ether oxygens (including phenoxy) is 3. The highest BCUT2D eigenvalue weighted by Crippen LogP contribution is 2.29. The summed E-state index contributed by atoms with van der Waals surface area (Å²) in [5.74, 6) is 1.90. The van der Waals surface area contributed by atoms with Crippen LogP contribution in [0.5, 0.6) is 17.2 Å². The highest BCUT2D eigenvalue weighted by atomic mass is 32.1. The van der Waals surface area contributed by atoms with Crippen molar-refractivity contribution >= 4 is 27.9 Å². The lowest BCUT2D eigenvalue weighted by atomic mass is 10.1. The Bertz CT molecular complexity index is 1200. The molecule has 0 bridgehead atoms. The molecule has 0 radical (unpaired) electrons. The molecule has 0 aliphatic carbocycles. The minimum absolute atomic E-state index is 0.150. The van der Waals surface area contributed by atoms with E-state index in [2.05, 4.69) is 5.32 Å². The van der Waals surface area contributed by atoms with Crippen LogP contribution in [0.15, 0.2) is 54.0 Å². The number of thiazole rings is 1. The summed E-state index contributed by atoms with van der Waals surface area (Å²) in [7, 11) is 3.14. The van der Waals surface area contributed by atoms with Gasteiger partial charge in [-0.25, -0.2) is 4.98 Å². The zero-order valence-corrected chi connectivity index (χ0v) is 18.4. The summed E-state index contributed by atoms with van der Waals surface area (Å²) in [5, 5.41) is 4.86. The lowest BCUT2D eigenvalue weighted by molar-refractivity contribution is -0.115. The third-order valence-electron chi connectivity index (χ3n) is 4.77. The molecule has 1 N–H and O–H groups in total. The smallest absolute Gasteiger partial charge is 0.230 e. The van der Waals surface area contributed by atoms with Gasteiger partial charge in [0.25, 0.3) is 0 Å². The number of hydrogen-bond donors (Lipinski definition) is 1. The molecule has 7 nitrogen and oxygen atoms in total. The van der Waals surface area contributed by atoms with Gasteiger partial charge in [0.05, 0.1) is 38.6 Å². The first kappa shape index (κ1) is 20.7. The van der Waals surface area contributed by atoms with Crippen LogP contribution >= 0.6 is 11.3 Å². The number of methoxy groups -OCH3 is 2. The van der Waals surface area contributed by atoms with Gasteiger partial charge in [0.2, 0.25) is 5.91 Å². The predicted octanol–water partition coefficient (Wildman–Crippen LogP) is 4.66. The van der Waals surface area contributed by atoms with Crippen molar-refractivity contribution in [3.05, 3.63) is 59.7 Å². The van der Waals surface area contributed by atoms with E-state index >= 15 is 0 Å². The molecule has 0 aliphatic heterocycles. The van der Waals surface area contributed by atoms with Gasteiger partial charge in [0.15, 0.2) is 4.96 Å². The van der Waals surface area contributed by atoms with Gasteiger partial charge in [-0.2, -0.15) is 0 Å². The second-order valence-corrected chi connectivity index (χ2v) is 7.59. The van der Waals surface area contributed by atoms with Crippen LogP contribution in [0.1, 0.15) is 12.6 Å². The average molecular weight is 438 g/mol. The zero-order chi connectivity index (χ0) is 21.8. The summed E-state index contributed by atoms with van der Waals surface area (Å²) in [6.07, 6.45) is 2.16. The molecule has 0 saturated carbocycles. The number of nitrogens with zero attached hydrogens (tertiary/aromatic N) is 2. The summed E-state index contributed by atoms with van der Waals surface area (Å²) in [5.41, 5.74) is 3.28. The van der Waals surface area contributed by atoms with Crippen molar-refractivity contribution in [2.24, 2.45) is 0 Å². The molecule has 4 rings (SSSR count). The molecule has 4 aromatic rings. The van der Waals surface area contributed by atoms with Crippen LogP contribution in [-0.2, 0) is 11.2 Å². The molecule has 0 fully saturated rings. The molecular weight excluding hydrogens is 414 g/mol. The van der Waals surface area contributed by atoms with E-state index < -0.39 is 0 Å². The van der Waals surface area contributed by atoms with E-state index in [0.29, 0.717) is 23.8 Å². The normalized spacial score (nSPS) is 10.8. The molecular formula is C23H23N3O4S. The van der Waals surface area contributed by atoms with Crippen LogP contribution < -0.4 is 19.5 Å². The van der Waals surface area contributed by atoms with E-state index in [1.54, 1.807) is 32.4 Å². The van der Waals surface area contributed by atoms with Crippen molar-refractivity contribution in [1.29, 1.82) is 0 Å². The number of fused-ring (bicyclic) bond motifs is 1. The first-order chi connectivity index (χ1) is 15.1. The van der Waals surface area contributed by atoms with Crippen molar-refractivity contribution in [1.82, 2.24) is 9.38 Å². The molecule has 0 aliphatic rings. The van der Waals surface area contributed by atoms with Crippen molar-refractivity contribution in [3.63, 3.8) is 0 Å².